The predicted octanol–water partition coefficient (Wildman–Crippen LogP) is 0.803. The van der Waals surface area contributed by atoms with Gasteiger partial charge in [0.05, 0.1) is 38.6 Å². The van der Waals surface area contributed by atoms with E-state index in [9.17, 15) is 61.0 Å². The lowest BCUT2D eigenvalue weighted by Crippen LogP contribution is -2.66. The fourth-order valence-corrected chi connectivity index (χ4v) is 8.06. The van der Waals surface area contributed by atoms with Crippen LogP contribution in [0.5, 0.6) is 0 Å². The van der Waals surface area contributed by atoms with E-state index in [1.54, 1.807) is 0 Å². The molecule has 67 heavy (non-hydrogen) atoms. The molecule has 19 nitrogen and oxygen atoms in total. The van der Waals surface area contributed by atoms with Crippen molar-refractivity contribution >= 4 is 5.91 Å². The molecule has 3 saturated heterocycles. The second-order valence-electron chi connectivity index (χ2n) is 17.5. The van der Waals surface area contributed by atoms with Gasteiger partial charge in [0.2, 0.25) is 5.91 Å². The number of carbonyl (C=O) groups is 1. The molecule has 0 aromatic heterocycles. The molecule has 0 bridgehead atoms. The molecular weight excluding hydrogens is 879 g/mol. The highest BCUT2D eigenvalue weighted by atomic mass is 16.8. The molecule has 19 heteroatoms. The van der Waals surface area contributed by atoms with E-state index < -0.39 is 124 Å². The van der Waals surface area contributed by atoms with Crippen molar-refractivity contribution in [2.45, 2.75) is 221 Å². The van der Waals surface area contributed by atoms with Gasteiger partial charge in [0.1, 0.15) is 73.2 Å². The van der Waals surface area contributed by atoms with Gasteiger partial charge in [0, 0.05) is 6.42 Å². The van der Waals surface area contributed by atoms with E-state index >= 15 is 0 Å². The molecule has 1 amide bonds. The third-order valence-corrected chi connectivity index (χ3v) is 12.2. The van der Waals surface area contributed by atoms with Crippen molar-refractivity contribution in [3.8, 4) is 0 Å². The summed E-state index contributed by atoms with van der Waals surface area (Å²) < 4.78 is 34.0. The van der Waals surface area contributed by atoms with Crippen molar-refractivity contribution in [1.82, 2.24) is 5.32 Å². The fraction of sp³-hybridized carbons (Fsp3) is 0.812. The highest BCUT2D eigenvalue weighted by Crippen LogP contribution is 2.33. The number of nitrogens with one attached hydrogen (secondary N) is 1. The molecule has 0 aromatic rings. The van der Waals surface area contributed by atoms with Crippen LogP contribution < -0.4 is 5.32 Å². The van der Waals surface area contributed by atoms with Crippen molar-refractivity contribution in [2.24, 2.45) is 0 Å². The Labute approximate surface area is 395 Å². The van der Waals surface area contributed by atoms with Crippen LogP contribution in [0.2, 0.25) is 0 Å². The van der Waals surface area contributed by atoms with Crippen LogP contribution in [0.1, 0.15) is 117 Å². The first-order chi connectivity index (χ1) is 32.3. The molecule has 0 spiro atoms. The van der Waals surface area contributed by atoms with Crippen molar-refractivity contribution in [2.75, 3.05) is 26.4 Å². The summed E-state index contributed by atoms with van der Waals surface area (Å²) in [6, 6.07) is -0.896. The highest BCUT2D eigenvalue weighted by Gasteiger charge is 2.53. The maximum Gasteiger partial charge on any atom is 0.220 e. The summed E-state index contributed by atoms with van der Waals surface area (Å²) in [6.45, 7) is 1.49. The van der Waals surface area contributed by atoms with Gasteiger partial charge in [-0.1, -0.05) is 107 Å². The van der Waals surface area contributed by atoms with Crippen LogP contribution in [-0.2, 0) is 33.2 Å². The Morgan fingerprint density at radius 1 is 0.552 bits per heavy atom. The quantitative estimate of drug-likeness (QED) is 0.0328. The summed E-state index contributed by atoms with van der Waals surface area (Å²) in [5, 5.41) is 119. The molecule has 388 valence electrons. The number of rotatable bonds is 32. The summed E-state index contributed by atoms with van der Waals surface area (Å²) in [5.41, 5.74) is 0. The van der Waals surface area contributed by atoms with Gasteiger partial charge in [0.25, 0.3) is 0 Å². The average molecular weight is 962 g/mol. The number of hydrogen-bond acceptors (Lipinski definition) is 18. The zero-order chi connectivity index (χ0) is 49.1. The molecule has 0 aromatic carbocycles. The van der Waals surface area contributed by atoms with Crippen LogP contribution in [0.15, 0.2) is 48.6 Å². The predicted molar refractivity (Wildman–Crippen MR) is 245 cm³/mol. The number of ether oxygens (including phenoxy) is 6. The lowest BCUT2D eigenvalue weighted by molar-refractivity contribution is -0.379. The van der Waals surface area contributed by atoms with E-state index in [0.717, 1.165) is 77.0 Å². The van der Waals surface area contributed by atoms with Crippen molar-refractivity contribution in [3.63, 3.8) is 0 Å². The van der Waals surface area contributed by atoms with Crippen molar-refractivity contribution < 1.29 is 89.4 Å². The van der Waals surface area contributed by atoms with Crippen LogP contribution in [0.4, 0.5) is 0 Å². The smallest absolute Gasteiger partial charge is 0.220 e. The van der Waals surface area contributed by atoms with Crippen LogP contribution in [0.3, 0.4) is 0 Å². The average Bonchev–Trinajstić information content (AvgIpc) is 3.32. The van der Waals surface area contributed by atoms with E-state index in [0.29, 0.717) is 19.3 Å². The van der Waals surface area contributed by atoms with Gasteiger partial charge in [0.15, 0.2) is 18.9 Å². The summed E-state index contributed by atoms with van der Waals surface area (Å²) >= 11 is 0. The Balaban J connectivity index is 1.51. The Morgan fingerprint density at radius 2 is 1.03 bits per heavy atom. The molecule has 0 aliphatic carbocycles. The molecule has 0 saturated carbocycles. The van der Waals surface area contributed by atoms with E-state index in [1.165, 1.54) is 0 Å². The molecule has 3 rings (SSSR count). The summed E-state index contributed by atoms with van der Waals surface area (Å²) in [5.74, 6) is -0.278. The Bertz CT molecular complexity index is 1430. The zero-order valence-electron chi connectivity index (χ0n) is 39.4. The SMILES string of the molecule is CC/C=C\C/C=C\C/C=C\C/C=C\CCCCCCC(=O)NC(COC1OC(CO)C(OC2OC(CO)C(OC3OC(CO)C(O)C(O)C3O)C(O)C2O)C(O)C1O)C(O)CCCCCCC. The van der Waals surface area contributed by atoms with E-state index in [1.807, 2.05) is 0 Å². The van der Waals surface area contributed by atoms with Gasteiger partial charge in [-0.2, -0.15) is 0 Å². The third kappa shape index (κ3) is 19.8. The van der Waals surface area contributed by atoms with Gasteiger partial charge in [-0.3, -0.25) is 4.79 Å². The summed E-state index contributed by atoms with van der Waals surface area (Å²) in [6.07, 6.45) is 4.34. The maximum atomic E-state index is 13.1. The summed E-state index contributed by atoms with van der Waals surface area (Å²) in [7, 11) is 0. The molecule has 3 aliphatic heterocycles. The Morgan fingerprint density at radius 3 is 1.60 bits per heavy atom. The maximum absolute atomic E-state index is 13.1. The fourth-order valence-electron chi connectivity index (χ4n) is 8.06. The number of aliphatic hydroxyl groups is 11. The van der Waals surface area contributed by atoms with Crippen LogP contribution in [0.25, 0.3) is 0 Å². The first kappa shape index (κ1) is 59.1. The molecule has 0 radical (unpaired) electrons. The molecule has 17 unspecified atom stereocenters. The first-order valence-corrected chi connectivity index (χ1v) is 24.4. The van der Waals surface area contributed by atoms with Crippen LogP contribution in [-0.4, -0.2) is 193 Å². The van der Waals surface area contributed by atoms with E-state index in [-0.39, 0.29) is 18.9 Å². The van der Waals surface area contributed by atoms with Gasteiger partial charge < -0.3 is 89.9 Å². The minimum atomic E-state index is -1.97. The lowest BCUT2D eigenvalue weighted by Gasteiger charge is -2.48. The molecule has 17 atom stereocenters. The molecule has 3 aliphatic rings. The highest BCUT2D eigenvalue weighted by molar-refractivity contribution is 5.76. The Kier molecular flexibility index (Phi) is 29.4. The number of allylic oxidation sites excluding steroid dienone is 8. The second-order valence-corrected chi connectivity index (χ2v) is 17.5. The molecule has 3 fully saturated rings. The standard InChI is InChI=1S/C48H83NO18/c1-3-5-7-9-10-11-12-13-14-15-16-17-18-19-20-22-24-26-36(54)49-31(32(53)25-23-21-8-6-4-2)30-62-46-42(60)39(57)44(34(28-51)64-46)67-48-43(61)40(58)45(35(29-52)65-48)66-47-41(59)38(56)37(55)33(27-50)63-47/h5,7,10-11,13-14,16-17,31-35,37-48,50-53,55-61H,3-4,6,8-9,12,15,18-30H2,1-2H3,(H,49,54)/b7-5-,11-10-,14-13-,17-16-. The third-order valence-electron chi connectivity index (χ3n) is 12.2. The van der Waals surface area contributed by atoms with Gasteiger partial charge in [-0.25, -0.2) is 0 Å². The Hall–Kier alpha value is -2.25. The number of aliphatic hydroxyl groups excluding tert-OH is 11. The largest absolute Gasteiger partial charge is 0.394 e. The second kappa shape index (κ2) is 33.4. The van der Waals surface area contributed by atoms with Gasteiger partial charge >= 0.3 is 0 Å². The zero-order valence-corrected chi connectivity index (χ0v) is 39.4. The molecule has 12 N–H and O–H groups in total. The van der Waals surface area contributed by atoms with Crippen LogP contribution >= 0.6 is 0 Å². The summed E-state index contributed by atoms with van der Waals surface area (Å²) in [4.78, 5) is 13.1. The van der Waals surface area contributed by atoms with E-state index in [4.69, 9.17) is 28.4 Å². The number of amides is 1. The minimum absolute atomic E-state index is 0.234. The monoisotopic (exact) mass is 962 g/mol. The minimum Gasteiger partial charge on any atom is -0.394 e. The number of hydrogen-bond donors (Lipinski definition) is 12. The normalized spacial score (nSPS) is 33.9. The van der Waals surface area contributed by atoms with Crippen LogP contribution in [0, 0.1) is 0 Å². The van der Waals surface area contributed by atoms with Gasteiger partial charge in [-0.15, -0.1) is 0 Å². The lowest BCUT2D eigenvalue weighted by atomic mass is 9.96. The van der Waals surface area contributed by atoms with Crippen molar-refractivity contribution in [1.29, 1.82) is 0 Å². The topological polar surface area (TPSA) is 307 Å². The van der Waals surface area contributed by atoms with E-state index in [2.05, 4.69) is 67.8 Å². The van der Waals surface area contributed by atoms with Gasteiger partial charge in [-0.05, 0) is 51.4 Å². The number of carbonyl (C=O) groups excluding carboxylic acids is 1. The number of unbranched alkanes of at least 4 members (excludes halogenated alkanes) is 8. The van der Waals surface area contributed by atoms with Crippen molar-refractivity contribution in [3.05, 3.63) is 48.6 Å². The first-order valence-electron chi connectivity index (χ1n) is 24.4. The molecular formula is C48H83NO18. The molecule has 3 heterocycles.